The number of hydrogen-bond donors (Lipinski definition) is 1. The Morgan fingerprint density at radius 3 is 2.50 bits per heavy atom. The van der Waals surface area contributed by atoms with E-state index in [0.717, 1.165) is 32.1 Å². The van der Waals surface area contributed by atoms with Gasteiger partial charge in [0, 0.05) is 11.8 Å². The van der Waals surface area contributed by atoms with Gasteiger partial charge in [0.2, 0.25) is 0 Å². The number of benzene rings is 1. The third-order valence-corrected chi connectivity index (χ3v) is 10.1. The minimum atomic E-state index is -0.680. The first kappa shape index (κ1) is 20.6. The van der Waals surface area contributed by atoms with Crippen LogP contribution in [0.15, 0.2) is 64.4 Å². The summed E-state index contributed by atoms with van der Waals surface area (Å²) in [7, 11) is 0. The van der Waals surface area contributed by atoms with Crippen molar-refractivity contribution in [3.8, 4) is 11.1 Å². The number of thiophene rings is 1. The molecule has 1 heterocycles. The van der Waals surface area contributed by atoms with Crippen LogP contribution >= 0.6 is 11.3 Å². The predicted octanol–water partition coefficient (Wildman–Crippen LogP) is 6.92. The van der Waals surface area contributed by atoms with E-state index < -0.39 is 5.60 Å². The Morgan fingerprint density at radius 1 is 0.969 bits per heavy atom. The Bertz CT molecular complexity index is 1100. The van der Waals surface area contributed by atoms with Crippen molar-refractivity contribution in [1.29, 1.82) is 0 Å². The zero-order valence-corrected chi connectivity index (χ0v) is 19.8. The lowest BCUT2D eigenvalue weighted by atomic mass is 9.48. The molecule has 1 aromatic carbocycles. The SMILES string of the molecule is C[C@]1(O)CC=C2[C@@H]3CCC4=CC(=O)CC[C@@H]4[C@H]3[C@@H](c3ccc(-c4ccsc4)cc3)C[C@@]21C. The number of hydrogen-bond acceptors (Lipinski definition) is 3. The van der Waals surface area contributed by atoms with Crippen LogP contribution in [0.3, 0.4) is 0 Å². The van der Waals surface area contributed by atoms with Crippen LogP contribution in [0.2, 0.25) is 0 Å². The molecule has 0 amide bonds. The molecule has 2 aromatic rings. The second-order valence-corrected chi connectivity index (χ2v) is 11.7. The van der Waals surface area contributed by atoms with E-state index in [0.29, 0.717) is 35.9 Å². The third-order valence-electron chi connectivity index (χ3n) is 9.43. The van der Waals surface area contributed by atoms with Crippen molar-refractivity contribution >= 4 is 17.1 Å². The van der Waals surface area contributed by atoms with Gasteiger partial charge >= 0.3 is 0 Å². The van der Waals surface area contributed by atoms with Crippen LogP contribution in [0.4, 0.5) is 0 Å². The molecule has 166 valence electrons. The van der Waals surface area contributed by atoms with Crippen LogP contribution in [0.25, 0.3) is 11.1 Å². The summed E-state index contributed by atoms with van der Waals surface area (Å²) in [5.41, 5.74) is 6.02. The molecule has 3 heteroatoms. The molecule has 0 bridgehead atoms. The normalized spacial score (nSPS) is 38.4. The van der Waals surface area contributed by atoms with Gasteiger partial charge in [0.15, 0.2) is 5.78 Å². The van der Waals surface area contributed by atoms with E-state index in [4.69, 9.17) is 0 Å². The molecule has 2 fully saturated rings. The van der Waals surface area contributed by atoms with Crippen LogP contribution in [-0.2, 0) is 4.79 Å². The largest absolute Gasteiger partial charge is 0.389 e. The van der Waals surface area contributed by atoms with Crippen molar-refractivity contribution in [3.63, 3.8) is 0 Å². The maximum absolute atomic E-state index is 12.2. The Kier molecular flexibility index (Phi) is 4.68. The molecular weight excluding hydrogens is 412 g/mol. The number of ketones is 1. The average molecular weight is 445 g/mol. The fourth-order valence-corrected chi connectivity index (χ4v) is 8.19. The highest BCUT2D eigenvalue weighted by atomic mass is 32.1. The van der Waals surface area contributed by atoms with E-state index in [1.54, 1.807) is 11.3 Å². The number of fused-ring (bicyclic) bond motifs is 5. The first-order valence-corrected chi connectivity index (χ1v) is 13.1. The van der Waals surface area contributed by atoms with Gasteiger partial charge in [-0.1, -0.05) is 48.4 Å². The number of allylic oxidation sites excluding steroid dienone is 2. The third kappa shape index (κ3) is 2.97. The lowest BCUT2D eigenvalue weighted by Crippen LogP contribution is -2.51. The van der Waals surface area contributed by atoms with Crippen molar-refractivity contribution in [1.82, 2.24) is 0 Å². The van der Waals surface area contributed by atoms with Gasteiger partial charge < -0.3 is 5.11 Å². The number of carbonyl (C=O) groups is 1. The Morgan fingerprint density at radius 2 is 1.75 bits per heavy atom. The highest BCUT2D eigenvalue weighted by molar-refractivity contribution is 7.08. The van der Waals surface area contributed by atoms with Crippen molar-refractivity contribution < 1.29 is 9.90 Å². The molecule has 2 saturated carbocycles. The molecule has 0 radical (unpaired) electrons. The van der Waals surface area contributed by atoms with Crippen LogP contribution < -0.4 is 0 Å². The molecule has 2 nitrogen and oxygen atoms in total. The molecule has 1 aromatic heterocycles. The van der Waals surface area contributed by atoms with Gasteiger partial charge in [-0.3, -0.25) is 4.79 Å². The summed E-state index contributed by atoms with van der Waals surface area (Å²) >= 11 is 1.74. The van der Waals surface area contributed by atoms with Crippen LogP contribution in [0.5, 0.6) is 0 Å². The summed E-state index contributed by atoms with van der Waals surface area (Å²) in [6, 6.07) is 11.4. The average Bonchev–Trinajstić information content (AvgIpc) is 3.40. The van der Waals surface area contributed by atoms with E-state index in [9.17, 15) is 9.90 Å². The number of carbonyl (C=O) groups excluding carboxylic acids is 1. The van der Waals surface area contributed by atoms with E-state index in [2.05, 4.69) is 54.1 Å². The van der Waals surface area contributed by atoms with Crippen molar-refractivity contribution in [2.45, 2.75) is 63.9 Å². The summed E-state index contributed by atoms with van der Waals surface area (Å²) in [6.45, 7) is 4.35. The summed E-state index contributed by atoms with van der Waals surface area (Å²) in [5.74, 6) is 2.27. The smallest absolute Gasteiger partial charge is 0.155 e. The highest BCUT2D eigenvalue weighted by Crippen LogP contribution is 2.66. The molecule has 0 saturated heterocycles. The van der Waals surface area contributed by atoms with Gasteiger partial charge in [-0.05, 0) is 102 Å². The minimum absolute atomic E-state index is 0.170. The molecule has 0 aliphatic heterocycles. The number of aliphatic hydroxyl groups is 1. The topological polar surface area (TPSA) is 37.3 Å². The van der Waals surface area contributed by atoms with Gasteiger partial charge in [-0.2, -0.15) is 11.3 Å². The Hall–Kier alpha value is -1.97. The van der Waals surface area contributed by atoms with E-state index in [1.165, 1.54) is 27.8 Å². The van der Waals surface area contributed by atoms with Crippen LogP contribution in [0.1, 0.15) is 63.9 Å². The highest BCUT2D eigenvalue weighted by Gasteiger charge is 2.59. The lowest BCUT2D eigenvalue weighted by Gasteiger charge is -2.56. The molecule has 0 spiro atoms. The van der Waals surface area contributed by atoms with E-state index in [-0.39, 0.29) is 5.41 Å². The zero-order chi connectivity index (χ0) is 22.1. The standard InChI is InChI=1S/C29H32O2S/c1-28-16-25(19-5-3-18(4-6-19)21-12-14-32-17-21)27-23-10-8-22(30)15-20(23)7-9-24(27)26(28)11-13-29(28,2)31/h3-6,11-12,14-15,17,23-25,27,31H,7-10,13,16H2,1-2H3/t23-,24-,25+,27+,28-,29-/m0/s1. The predicted molar refractivity (Wildman–Crippen MR) is 131 cm³/mol. The van der Waals surface area contributed by atoms with E-state index >= 15 is 0 Å². The molecule has 4 aliphatic rings. The maximum Gasteiger partial charge on any atom is 0.155 e. The fourth-order valence-electron chi connectivity index (χ4n) is 7.52. The quantitative estimate of drug-likeness (QED) is 0.510. The van der Waals surface area contributed by atoms with Crippen molar-refractivity contribution in [3.05, 3.63) is 70.0 Å². The van der Waals surface area contributed by atoms with Gasteiger partial charge in [-0.15, -0.1) is 0 Å². The van der Waals surface area contributed by atoms with Gasteiger partial charge in [-0.25, -0.2) is 0 Å². The zero-order valence-electron chi connectivity index (χ0n) is 19.0. The lowest BCUT2D eigenvalue weighted by molar-refractivity contribution is -0.115. The molecule has 32 heavy (non-hydrogen) atoms. The fraction of sp³-hybridized carbons (Fsp3) is 0.483. The second-order valence-electron chi connectivity index (χ2n) is 11.0. The van der Waals surface area contributed by atoms with Crippen LogP contribution in [-0.4, -0.2) is 16.5 Å². The minimum Gasteiger partial charge on any atom is -0.389 e. The van der Waals surface area contributed by atoms with Gasteiger partial charge in [0.05, 0.1) is 5.60 Å². The van der Waals surface area contributed by atoms with E-state index in [1.807, 2.05) is 13.0 Å². The molecule has 1 N–H and O–H groups in total. The molecule has 6 atom stereocenters. The Labute approximate surface area is 195 Å². The first-order valence-electron chi connectivity index (χ1n) is 12.2. The summed E-state index contributed by atoms with van der Waals surface area (Å²) in [4.78, 5) is 12.2. The Balaban J connectivity index is 1.43. The summed E-state index contributed by atoms with van der Waals surface area (Å²) < 4.78 is 0. The van der Waals surface area contributed by atoms with Gasteiger partial charge in [0.1, 0.15) is 0 Å². The molecular formula is C29H32O2S. The first-order chi connectivity index (χ1) is 15.4. The molecule has 4 aliphatic carbocycles. The van der Waals surface area contributed by atoms with Gasteiger partial charge in [0.25, 0.3) is 0 Å². The monoisotopic (exact) mass is 444 g/mol. The van der Waals surface area contributed by atoms with Crippen molar-refractivity contribution in [2.24, 2.45) is 23.2 Å². The van der Waals surface area contributed by atoms with Crippen molar-refractivity contribution in [2.75, 3.05) is 0 Å². The second kappa shape index (κ2) is 7.27. The summed E-state index contributed by atoms with van der Waals surface area (Å²) in [5, 5.41) is 15.8. The maximum atomic E-state index is 12.2. The number of rotatable bonds is 2. The molecule has 0 unspecified atom stereocenters. The van der Waals surface area contributed by atoms with Crippen LogP contribution in [0, 0.1) is 23.2 Å². The summed E-state index contributed by atoms with van der Waals surface area (Å²) in [6.07, 6.45) is 9.94. The molecule has 6 rings (SSSR count).